The average molecular weight is 358 g/mol. The van der Waals surface area contributed by atoms with Gasteiger partial charge < -0.3 is 15.1 Å². The lowest BCUT2D eigenvalue weighted by Gasteiger charge is -2.34. The van der Waals surface area contributed by atoms with Crippen molar-refractivity contribution in [2.45, 2.75) is 12.8 Å². The number of anilines is 1. The molecule has 6 nitrogen and oxygen atoms in total. The SMILES string of the molecule is CNC(=O)c1cnc(N2CCN(C(=O)CCc3ccccc3)CC2)s1. The number of carbonyl (C=O) groups is 2. The number of hydrogen-bond acceptors (Lipinski definition) is 5. The van der Waals surface area contributed by atoms with Crippen molar-refractivity contribution >= 4 is 28.3 Å². The highest BCUT2D eigenvalue weighted by Crippen LogP contribution is 2.23. The van der Waals surface area contributed by atoms with Crippen molar-refractivity contribution in [1.29, 1.82) is 0 Å². The molecule has 0 saturated carbocycles. The Kier molecular flexibility index (Phi) is 5.65. The van der Waals surface area contributed by atoms with Crippen LogP contribution >= 0.6 is 11.3 Å². The maximum absolute atomic E-state index is 12.4. The van der Waals surface area contributed by atoms with Gasteiger partial charge in [-0.3, -0.25) is 9.59 Å². The summed E-state index contributed by atoms with van der Waals surface area (Å²) in [5, 5.41) is 3.45. The van der Waals surface area contributed by atoms with Crippen LogP contribution in [0, 0.1) is 0 Å². The summed E-state index contributed by atoms with van der Waals surface area (Å²) in [6, 6.07) is 10.1. The summed E-state index contributed by atoms with van der Waals surface area (Å²) in [6.45, 7) is 2.89. The zero-order valence-electron chi connectivity index (χ0n) is 14.3. The van der Waals surface area contributed by atoms with Gasteiger partial charge >= 0.3 is 0 Å². The van der Waals surface area contributed by atoms with Crippen LogP contribution in [0.3, 0.4) is 0 Å². The molecule has 7 heteroatoms. The maximum Gasteiger partial charge on any atom is 0.262 e. The van der Waals surface area contributed by atoms with E-state index in [1.165, 1.54) is 16.9 Å². The van der Waals surface area contributed by atoms with Gasteiger partial charge in [0.15, 0.2) is 5.13 Å². The lowest BCUT2D eigenvalue weighted by molar-refractivity contribution is -0.131. The quantitative estimate of drug-likeness (QED) is 0.885. The Labute approximate surface area is 151 Å². The lowest BCUT2D eigenvalue weighted by Crippen LogP contribution is -2.48. The number of nitrogens with zero attached hydrogens (tertiary/aromatic N) is 3. The predicted octanol–water partition coefficient (Wildman–Crippen LogP) is 1.78. The minimum absolute atomic E-state index is 0.113. The first-order valence-electron chi connectivity index (χ1n) is 8.42. The molecular formula is C18H22N4O2S. The molecule has 1 aromatic carbocycles. The van der Waals surface area contributed by atoms with E-state index in [0.29, 0.717) is 24.4 Å². The Balaban J connectivity index is 1.49. The third-order valence-corrected chi connectivity index (χ3v) is 5.37. The van der Waals surface area contributed by atoms with E-state index in [2.05, 4.69) is 27.3 Å². The minimum atomic E-state index is -0.113. The highest BCUT2D eigenvalue weighted by atomic mass is 32.1. The van der Waals surface area contributed by atoms with Gasteiger partial charge in [-0.2, -0.15) is 0 Å². The van der Waals surface area contributed by atoms with Crippen molar-refractivity contribution in [1.82, 2.24) is 15.2 Å². The number of aryl methyl sites for hydroxylation is 1. The first kappa shape index (κ1) is 17.4. The van der Waals surface area contributed by atoms with Gasteiger partial charge in [0.25, 0.3) is 5.91 Å². The van der Waals surface area contributed by atoms with Crippen LogP contribution in [0.1, 0.15) is 21.7 Å². The van der Waals surface area contributed by atoms with Crippen LogP contribution in [-0.2, 0) is 11.2 Å². The average Bonchev–Trinajstić information content (AvgIpc) is 3.16. The highest BCUT2D eigenvalue weighted by molar-refractivity contribution is 7.17. The van der Waals surface area contributed by atoms with E-state index >= 15 is 0 Å². The van der Waals surface area contributed by atoms with E-state index in [9.17, 15) is 9.59 Å². The van der Waals surface area contributed by atoms with Crippen LogP contribution in [0.25, 0.3) is 0 Å². The second kappa shape index (κ2) is 8.11. The number of thiazole rings is 1. The van der Waals surface area contributed by atoms with Crippen molar-refractivity contribution in [3.8, 4) is 0 Å². The summed E-state index contributed by atoms with van der Waals surface area (Å²) in [6.07, 6.45) is 2.93. The highest BCUT2D eigenvalue weighted by Gasteiger charge is 2.23. The standard InChI is InChI=1S/C18H22N4O2S/c1-19-17(24)15-13-20-18(25-15)22-11-9-21(10-12-22)16(23)8-7-14-5-3-2-4-6-14/h2-6,13H,7-12H2,1H3,(H,19,24). The molecule has 3 rings (SSSR count). The van der Waals surface area contributed by atoms with Crippen molar-refractivity contribution in [2.24, 2.45) is 0 Å². The fourth-order valence-electron chi connectivity index (χ4n) is 2.84. The van der Waals surface area contributed by atoms with E-state index in [-0.39, 0.29) is 11.8 Å². The van der Waals surface area contributed by atoms with E-state index in [1.54, 1.807) is 13.2 Å². The van der Waals surface area contributed by atoms with E-state index < -0.39 is 0 Å². The zero-order valence-corrected chi connectivity index (χ0v) is 15.1. The van der Waals surface area contributed by atoms with Gasteiger partial charge in [0.2, 0.25) is 5.91 Å². The van der Waals surface area contributed by atoms with Gasteiger partial charge in [-0.05, 0) is 12.0 Å². The molecule has 2 amide bonds. The molecule has 0 radical (unpaired) electrons. The number of piperazine rings is 1. The van der Waals surface area contributed by atoms with E-state index in [0.717, 1.165) is 24.6 Å². The molecule has 0 unspecified atom stereocenters. The molecule has 0 bridgehead atoms. The maximum atomic E-state index is 12.4. The molecule has 0 atom stereocenters. The fourth-order valence-corrected chi connectivity index (χ4v) is 3.75. The molecule has 1 fully saturated rings. The van der Waals surface area contributed by atoms with Crippen LogP contribution in [0.2, 0.25) is 0 Å². The van der Waals surface area contributed by atoms with E-state index in [4.69, 9.17) is 0 Å². The number of rotatable bonds is 5. The molecule has 1 N–H and O–H groups in total. The molecule has 0 spiro atoms. The van der Waals surface area contributed by atoms with Crippen molar-refractivity contribution < 1.29 is 9.59 Å². The second-order valence-electron chi connectivity index (χ2n) is 5.94. The molecule has 1 aliphatic rings. The third kappa shape index (κ3) is 4.36. The van der Waals surface area contributed by atoms with Gasteiger partial charge in [-0.15, -0.1) is 0 Å². The molecule has 25 heavy (non-hydrogen) atoms. The van der Waals surface area contributed by atoms with Crippen LogP contribution in [0.5, 0.6) is 0 Å². The Morgan fingerprint density at radius 2 is 1.88 bits per heavy atom. The molecule has 132 valence electrons. The van der Waals surface area contributed by atoms with Crippen LogP contribution < -0.4 is 10.2 Å². The fraction of sp³-hybridized carbons (Fsp3) is 0.389. The third-order valence-electron chi connectivity index (χ3n) is 4.32. The Hall–Kier alpha value is -2.41. The van der Waals surface area contributed by atoms with Gasteiger partial charge in [0, 0.05) is 39.6 Å². The summed E-state index contributed by atoms with van der Waals surface area (Å²) < 4.78 is 0. The predicted molar refractivity (Wildman–Crippen MR) is 99.1 cm³/mol. The van der Waals surface area contributed by atoms with Crippen molar-refractivity contribution in [3.63, 3.8) is 0 Å². The summed E-state index contributed by atoms with van der Waals surface area (Å²) >= 11 is 1.39. The number of hydrogen-bond donors (Lipinski definition) is 1. The first-order valence-corrected chi connectivity index (χ1v) is 9.23. The Bertz CT molecular complexity index is 724. The number of nitrogens with one attached hydrogen (secondary N) is 1. The van der Waals surface area contributed by atoms with Crippen LogP contribution in [0.15, 0.2) is 36.5 Å². The van der Waals surface area contributed by atoms with Crippen LogP contribution in [-0.4, -0.2) is 54.9 Å². The van der Waals surface area contributed by atoms with Crippen molar-refractivity contribution in [3.05, 3.63) is 47.0 Å². The summed E-state index contributed by atoms with van der Waals surface area (Å²) in [4.78, 5) is 33.0. The summed E-state index contributed by atoms with van der Waals surface area (Å²) in [7, 11) is 1.61. The van der Waals surface area contributed by atoms with Gasteiger partial charge in [-0.25, -0.2) is 4.98 Å². The number of benzene rings is 1. The largest absolute Gasteiger partial charge is 0.354 e. The van der Waals surface area contributed by atoms with Gasteiger partial charge in [-0.1, -0.05) is 41.7 Å². The molecule has 1 aliphatic heterocycles. The Morgan fingerprint density at radius 3 is 2.56 bits per heavy atom. The molecule has 2 heterocycles. The van der Waals surface area contributed by atoms with Gasteiger partial charge in [0.05, 0.1) is 6.20 Å². The number of aromatic nitrogens is 1. The Morgan fingerprint density at radius 1 is 1.16 bits per heavy atom. The monoisotopic (exact) mass is 358 g/mol. The summed E-state index contributed by atoms with van der Waals surface area (Å²) in [5.74, 6) is 0.0900. The van der Waals surface area contributed by atoms with Crippen molar-refractivity contribution in [2.75, 3.05) is 38.1 Å². The van der Waals surface area contributed by atoms with E-state index in [1.807, 2.05) is 23.1 Å². The number of amides is 2. The van der Waals surface area contributed by atoms with Crippen LogP contribution in [0.4, 0.5) is 5.13 Å². The normalized spacial score (nSPS) is 14.4. The molecule has 2 aromatic rings. The lowest BCUT2D eigenvalue weighted by atomic mass is 10.1. The first-order chi connectivity index (χ1) is 12.2. The molecular weight excluding hydrogens is 336 g/mol. The number of carbonyl (C=O) groups excluding carboxylic acids is 2. The summed E-state index contributed by atoms with van der Waals surface area (Å²) in [5.41, 5.74) is 1.19. The van der Waals surface area contributed by atoms with Gasteiger partial charge in [0.1, 0.15) is 4.88 Å². The second-order valence-corrected chi connectivity index (χ2v) is 6.95. The minimum Gasteiger partial charge on any atom is -0.354 e. The molecule has 1 aromatic heterocycles. The smallest absolute Gasteiger partial charge is 0.262 e. The molecule has 1 saturated heterocycles. The topological polar surface area (TPSA) is 65.5 Å². The molecule has 0 aliphatic carbocycles. The zero-order chi connectivity index (χ0) is 17.6.